The highest BCUT2D eigenvalue weighted by molar-refractivity contribution is 7.16. The predicted molar refractivity (Wildman–Crippen MR) is 115 cm³/mol. The number of aromatic nitrogens is 2. The lowest BCUT2D eigenvalue weighted by Crippen LogP contribution is -2.35. The summed E-state index contributed by atoms with van der Waals surface area (Å²) in [6.07, 6.45) is 8.36. The lowest BCUT2D eigenvalue weighted by atomic mass is 9.67. The van der Waals surface area contributed by atoms with Gasteiger partial charge in [0.1, 0.15) is 11.3 Å². The number of carbonyl (C=O) groups is 1. The van der Waals surface area contributed by atoms with Gasteiger partial charge in [-0.1, -0.05) is 30.3 Å². The minimum Gasteiger partial charge on any atom is -0.490 e. The third-order valence-corrected chi connectivity index (χ3v) is 6.94. The molecule has 0 spiro atoms. The quantitative estimate of drug-likeness (QED) is 0.624. The Morgan fingerprint density at radius 3 is 2.72 bits per heavy atom. The van der Waals surface area contributed by atoms with E-state index in [0.717, 1.165) is 36.2 Å². The summed E-state index contributed by atoms with van der Waals surface area (Å²) in [6, 6.07) is 10.6. The Hall–Kier alpha value is -2.93. The zero-order valence-corrected chi connectivity index (χ0v) is 17.2. The number of primary amides is 1. The maximum atomic E-state index is 12.0. The number of nitrogens with zero attached hydrogens (tertiary/aromatic N) is 2. The molecule has 3 aromatic rings. The van der Waals surface area contributed by atoms with Crippen LogP contribution in [0.25, 0.3) is 0 Å². The summed E-state index contributed by atoms with van der Waals surface area (Å²) in [5.41, 5.74) is 8.70. The lowest BCUT2D eigenvalue weighted by Gasteiger charge is -2.38. The molecule has 0 aliphatic heterocycles. The molecule has 0 bridgehead atoms. The van der Waals surface area contributed by atoms with Crippen LogP contribution >= 0.6 is 11.3 Å². The number of ether oxygens (including phenoxy) is 1. The molecule has 0 saturated heterocycles. The molecule has 0 radical (unpaired) electrons. The van der Waals surface area contributed by atoms with Crippen LogP contribution in [-0.2, 0) is 18.3 Å². The number of nitrogens with two attached hydrogens (primary N) is 1. The largest absolute Gasteiger partial charge is 0.490 e. The first-order valence-electron chi connectivity index (χ1n) is 9.68. The van der Waals surface area contributed by atoms with Crippen molar-refractivity contribution in [1.82, 2.24) is 9.97 Å². The summed E-state index contributed by atoms with van der Waals surface area (Å²) in [7, 11) is 1.84. The van der Waals surface area contributed by atoms with Gasteiger partial charge in [0.05, 0.1) is 24.6 Å². The third-order valence-electron chi connectivity index (χ3n) is 5.69. The van der Waals surface area contributed by atoms with Crippen molar-refractivity contribution in [2.45, 2.75) is 31.1 Å². The molecule has 1 amide bonds. The molecular weight excluding hydrogens is 384 g/mol. The van der Waals surface area contributed by atoms with Crippen molar-refractivity contribution in [3.63, 3.8) is 0 Å². The first kappa shape index (κ1) is 19.4. The topological polar surface area (TPSA) is 90.1 Å². The van der Waals surface area contributed by atoms with Gasteiger partial charge in [-0.2, -0.15) is 0 Å². The molecule has 150 valence electrons. The fourth-order valence-electron chi connectivity index (χ4n) is 4.24. The van der Waals surface area contributed by atoms with E-state index in [-0.39, 0.29) is 11.3 Å². The van der Waals surface area contributed by atoms with Gasteiger partial charge in [0.2, 0.25) is 0 Å². The van der Waals surface area contributed by atoms with Gasteiger partial charge < -0.3 is 15.8 Å². The zero-order valence-electron chi connectivity index (χ0n) is 16.4. The van der Waals surface area contributed by atoms with E-state index >= 15 is 0 Å². The summed E-state index contributed by atoms with van der Waals surface area (Å²) in [5, 5.41) is 4.01. The first-order valence-corrected chi connectivity index (χ1v) is 10.5. The van der Waals surface area contributed by atoms with E-state index < -0.39 is 0 Å². The fraction of sp³-hybridized carbons (Fsp3) is 0.318. The van der Waals surface area contributed by atoms with Gasteiger partial charge in [0.15, 0.2) is 5.75 Å². The average molecular weight is 409 g/mol. The summed E-state index contributed by atoms with van der Waals surface area (Å²) < 4.78 is 5.92. The van der Waals surface area contributed by atoms with Gasteiger partial charge >= 0.3 is 0 Å². The second-order valence-corrected chi connectivity index (χ2v) is 8.42. The third kappa shape index (κ3) is 3.82. The summed E-state index contributed by atoms with van der Waals surface area (Å²) in [5.74, 6) is 0.322. The van der Waals surface area contributed by atoms with E-state index in [1.165, 1.54) is 16.8 Å². The van der Waals surface area contributed by atoms with Crippen LogP contribution < -0.4 is 15.8 Å². The number of amides is 1. The molecule has 6 nitrogen and oxygen atoms in total. The van der Waals surface area contributed by atoms with E-state index in [9.17, 15) is 4.79 Å². The van der Waals surface area contributed by atoms with Crippen molar-refractivity contribution in [3.8, 4) is 5.75 Å². The van der Waals surface area contributed by atoms with Crippen LogP contribution in [0.2, 0.25) is 0 Å². The molecule has 1 aliphatic rings. The van der Waals surface area contributed by atoms with Crippen molar-refractivity contribution in [1.29, 1.82) is 0 Å². The van der Waals surface area contributed by atoms with Gasteiger partial charge in [-0.05, 0) is 36.8 Å². The Morgan fingerprint density at radius 2 is 2.03 bits per heavy atom. The van der Waals surface area contributed by atoms with Crippen LogP contribution in [-0.4, -0.2) is 29.5 Å². The van der Waals surface area contributed by atoms with Crippen LogP contribution in [0.15, 0.2) is 49.1 Å². The molecular formula is C22H24N4O2S. The standard InChI is InChI=1S/C22H24N4O2S/c1-24-21-19(20(23)27)17-7-8-22(11-18(17)29-21,15-5-3-2-4-6-15)9-10-28-16-12-25-14-26-13-16/h2-6,12-14,24H,7-11H2,1H3,(H2,23,27). The van der Waals surface area contributed by atoms with E-state index in [0.29, 0.717) is 17.9 Å². The number of nitrogens with one attached hydrogen (secondary N) is 1. The molecule has 0 fully saturated rings. The number of hydrogen-bond acceptors (Lipinski definition) is 6. The summed E-state index contributed by atoms with van der Waals surface area (Å²) >= 11 is 1.64. The fourth-order valence-corrected chi connectivity index (χ4v) is 5.59. The van der Waals surface area contributed by atoms with Crippen molar-refractivity contribution in [2.75, 3.05) is 19.0 Å². The smallest absolute Gasteiger partial charge is 0.251 e. The van der Waals surface area contributed by atoms with E-state index in [4.69, 9.17) is 10.5 Å². The predicted octanol–water partition coefficient (Wildman–Crippen LogP) is 3.57. The Bertz CT molecular complexity index is 991. The number of thiophene rings is 1. The van der Waals surface area contributed by atoms with Gasteiger partial charge in [-0.25, -0.2) is 9.97 Å². The Kier molecular flexibility index (Phi) is 5.49. The number of hydrogen-bond donors (Lipinski definition) is 2. The molecule has 7 heteroatoms. The highest BCUT2D eigenvalue weighted by Crippen LogP contribution is 2.47. The molecule has 1 atom stereocenters. The monoisotopic (exact) mass is 408 g/mol. The summed E-state index contributed by atoms with van der Waals surface area (Å²) in [6.45, 7) is 0.574. The zero-order chi connectivity index (χ0) is 20.3. The SMILES string of the molecule is CNc1sc2c(c1C(N)=O)CCC(CCOc1cncnc1)(c1ccccc1)C2. The van der Waals surface area contributed by atoms with Gasteiger partial charge in [0, 0.05) is 17.3 Å². The highest BCUT2D eigenvalue weighted by atomic mass is 32.1. The molecule has 1 aliphatic carbocycles. The maximum absolute atomic E-state index is 12.0. The molecule has 4 rings (SSSR count). The number of carbonyl (C=O) groups excluding carboxylic acids is 1. The Labute approximate surface area is 174 Å². The second-order valence-electron chi connectivity index (χ2n) is 7.32. The summed E-state index contributed by atoms with van der Waals surface area (Å²) in [4.78, 5) is 21.3. The lowest BCUT2D eigenvalue weighted by molar-refractivity contribution is 0.1000. The molecule has 1 aromatic carbocycles. The van der Waals surface area contributed by atoms with Gasteiger partial charge in [0.25, 0.3) is 5.91 Å². The number of benzene rings is 1. The Morgan fingerprint density at radius 1 is 1.28 bits per heavy atom. The molecule has 2 heterocycles. The molecule has 3 N–H and O–H groups in total. The Balaban J connectivity index is 1.63. The van der Waals surface area contributed by atoms with Gasteiger partial charge in [-0.15, -0.1) is 11.3 Å². The number of anilines is 1. The van der Waals surface area contributed by atoms with Gasteiger partial charge in [-0.3, -0.25) is 4.79 Å². The van der Waals surface area contributed by atoms with Crippen molar-refractivity contribution < 1.29 is 9.53 Å². The minimum absolute atomic E-state index is 0.0469. The molecule has 1 unspecified atom stereocenters. The van der Waals surface area contributed by atoms with E-state index in [1.807, 2.05) is 13.1 Å². The number of rotatable bonds is 7. The second kappa shape index (κ2) is 8.21. The highest BCUT2D eigenvalue weighted by Gasteiger charge is 2.39. The normalized spacial score (nSPS) is 18.1. The van der Waals surface area contributed by atoms with Crippen LogP contribution in [0.1, 0.15) is 39.2 Å². The van der Waals surface area contributed by atoms with Crippen molar-refractivity contribution in [2.24, 2.45) is 5.73 Å². The van der Waals surface area contributed by atoms with Crippen molar-refractivity contribution in [3.05, 3.63) is 70.6 Å². The molecule has 2 aromatic heterocycles. The van der Waals surface area contributed by atoms with Crippen molar-refractivity contribution >= 4 is 22.2 Å². The molecule has 0 saturated carbocycles. The van der Waals surface area contributed by atoms with Crippen LogP contribution in [0, 0.1) is 0 Å². The van der Waals surface area contributed by atoms with Crippen LogP contribution in [0.3, 0.4) is 0 Å². The van der Waals surface area contributed by atoms with E-state index in [2.05, 4.69) is 39.6 Å². The maximum Gasteiger partial charge on any atom is 0.251 e. The first-order chi connectivity index (χ1) is 14.1. The van der Waals surface area contributed by atoms with Crippen LogP contribution in [0.5, 0.6) is 5.75 Å². The van der Waals surface area contributed by atoms with Crippen LogP contribution in [0.4, 0.5) is 5.00 Å². The average Bonchev–Trinajstić information content (AvgIpc) is 3.13. The number of fused-ring (bicyclic) bond motifs is 1. The molecule has 29 heavy (non-hydrogen) atoms. The minimum atomic E-state index is -0.355. The van der Waals surface area contributed by atoms with E-state index in [1.54, 1.807) is 23.7 Å².